The van der Waals surface area contributed by atoms with E-state index in [2.05, 4.69) is 53.8 Å². The second-order valence-corrected chi connectivity index (χ2v) is 8.77. The lowest BCUT2D eigenvalue weighted by Gasteiger charge is -2.47. The Balaban J connectivity index is 0.00000240. The van der Waals surface area contributed by atoms with E-state index in [0.29, 0.717) is 12.6 Å². The standard InChI is InChI=1S/C23H36N4O.HI/c1-3-24-23(26-19-13-20-8-6-9-21(14-19)27(20)2)25-15-18-7-4-5-10-22(18)28-16-17-11-12-17;/h4-5,7,10,17,19-21H,3,6,8-9,11-16H2,1-2H3,(H2,24,25,26);1H. The molecule has 1 aliphatic carbocycles. The van der Waals surface area contributed by atoms with E-state index >= 15 is 0 Å². The van der Waals surface area contributed by atoms with Gasteiger partial charge in [0.05, 0.1) is 13.2 Å². The molecule has 3 aliphatic rings. The lowest BCUT2D eigenvalue weighted by molar-refractivity contribution is 0.0526. The second-order valence-electron chi connectivity index (χ2n) is 8.77. The van der Waals surface area contributed by atoms with Crippen molar-refractivity contribution in [1.82, 2.24) is 15.5 Å². The Bertz CT molecular complexity index is 665. The molecule has 2 aliphatic heterocycles. The minimum absolute atomic E-state index is 0. The minimum Gasteiger partial charge on any atom is -0.493 e. The molecule has 3 fully saturated rings. The zero-order chi connectivity index (χ0) is 19.3. The number of hydrogen-bond donors (Lipinski definition) is 2. The van der Waals surface area contributed by atoms with E-state index in [1.165, 1.54) is 50.5 Å². The lowest BCUT2D eigenvalue weighted by Crippen LogP contribution is -2.56. The molecule has 29 heavy (non-hydrogen) atoms. The highest BCUT2D eigenvalue weighted by Crippen LogP contribution is 2.33. The first-order valence-electron chi connectivity index (χ1n) is 11.2. The summed E-state index contributed by atoms with van der Waals surface area (Å²) in [7, 11) is 2.31. The average Bonchev–Trinajstić information content (AvgIpc) is 3.50. The molecule has 2 unspecified atom stereocenters. The fourth-order valence-electron chi connectivity index (χ4n) is 4.68. The van der Waals surface area contributed by atoms with Crippen molar-refractivity contribution < 1.29 is 4.74 Å². The summed E-state index contributed by atoms with van der Waals surface area (Å²) >= 11 is 0. The van der Waals surface area contributed by atoms with Crippen molar-refractivity contribution in [1.29, 1.82) is 0 Å². The third kappa shape index (κ3) is 6.23. The Morgan fingerprint density at radius 3 is 2.55 bits per heavy atom. The van der Waals surface area contributed by atoms with Crippen molar-refractivity contribution in [3.05, 3.63) is 29.8 Å². The SMILES string of the molecule is CCNC(=NCc1ccccc1OCC1CC1)NC1CC2CCCC(C1)N2C.I. The number of hydrogen-bond acceptors (Lipinski definition) is 3. The van der Waals surface area contributed by atoms with Gasteiger partial charge in [0.15, 0.2) is 5.96 Å². The van der Waals surface area contributed by atoms with Gasteiger partial charge in [0, 0.05) is 30.2 Å². The maximum atomic E-state index is 6.05. The number of halogens is 1. The van der Waals surface area contributed by atoms with Gasteiger partial charge in [0.25, 0.3) is 0 Å². The van der Waals surface area contributed by atoms with E-state index < -0.39 is 0 Å². The molecule has 2 bridgehead atoms. The molecule has 0 aromatic heterocycles. The van der Waals surface area contributed by atoms with Crippen LogP contribution in [0.25, 0.3) is 0 Å². The zero-order valence-corrected chi connectivity index (χ0v) is 20.2. The molecule has 1 aromatic carbocycles. The summed E-state index contributed by atoms with van der Waals surface area (Å²) in [5.74, 6) is 2.69. The number of aliphatic imine (C=N–C) groups is 1. The molecular formula is C23H37IN4O. The van der Waals surface area contributed by atoms with Crippen LogP contribution in [-0.2, 0) is 6.54 Å². The zero-order valence-electron chi connectivity index (χ0n) is 17.9. The first kappa shape index (κ1) is 22.7. The molecule has 6 heteroatoms. The number of nitrogens with one attached hydrogen (secondary N) is 2. The van der Waals surface area contributed by atoms with Crippen LogP contribution in [0.4, 0.5) is 0 Å². The maximum absolute atomic E-state index is 6.05. The molecule has 1 saturated carbocycles. The van der Waals surface area contributed by atoms with Crippen molar-refractivity contribution in [3.63, 3.8) is 0 Å². The van der Waals surface area contributed by atoms with Crippen LogP contribution < -0.4 is 15.4 Å². The number of guanidine groups is 1. The van der Waals surface area contributed by atoms with Gasteiger partial charge in [-0.15, -0.1) is 24.0 Å². The molecule has 0 radical (unpaired) electrons. The van der Waals surface area contributed by atoms with Gasteiger partial charge in [0.1, 0.15) is 5.75 Å². The number of ether oxygens (including phenoxy) is 1. The van der Waals surface area contributed by atoms with Crippen LogP contribution in [0, 0.1) is 5.92 Å². The van der Waals surface area contributed by atoms with Gasteiger partial charge < -0.3 is 20.3 Å². The fourth-order valence-corrected chi connectivity index (χ4v) is 4.68. The number of rotatable bonds is 7. The smallest absolute Gasteiger partial charge is 0.191 e. The van der Waals surface area contributed by atoms with E-state index in [0.717, 1.165) is 42.9 Å². The summed E-state index contributed by atoms with van der Waals surface area (Å²) in [6.45, 7) is 4.51. The van der Waals surface area contributed by atoms with Crippen molar-refractivity contribution in [2.24, 2.45) is 10.9 Å². The monoisotopic (exact) mass is 512 g/mol. The van der Waals surface area contributed by atoms with E-state index in [9.17, 15) is 0 Å². The molecular weight excluding hydrogens is 475 g/mol. The number of para-hydroxylation sites is 1. The Morgan fingerprint density at radius 2 is 1.86 bits per heavy atom. The van der Waals surface area contributed by atoms with E-state index in [1.807, 2.05) is 0 Å². The molecule has 0 amide bonds. The van der Waals surface area contributed by atoms with Crippen LogP contribution in [0.1, 0.15) is 57.4 Å². The van der Waals surface area contributed by atoms with Gasteiger partial charge in [-0.1, -0.05) is 24.6 Å². The molecule has 0 spiro atoms. The van der Waals surface area contributed by atoms with Gasteiger partial charge >= 0.3 is 0 Å². The Hall–Kier alpha value is -1.02. The number of fused-ring (bicyclic) bond motifs is 2. The predicted molar refractivity (Wildman–Crippen MR) is 130 cm³/mol. The highest BCUT2D eigenvalue weighted by molar-refractivity contribution is 14.0. The summed E-state index contributed by atoms with van der Waals surface area (Å²) in [4.78, 5) is 7.51. The van der Waals surface area contributed by atoms with Gasteiger partial charge in [-0.25, -0.2) is 4.99 Å². The van der Waals surface area contributed by atoms with Crippen molar-refractivity contribution >= 4 is 29.9 Å². The highest BCUT2D eigenvalue weighted by Gasteiger charge is 2.36. The normalized spacial score (nSPS) is 27.1. The number of benzene rings is 1. The molecule has 2 heterocycles. The largest absolute Gasteiger partial charge is 0.493 e. The predicted octanol–water partition coefficient (Wildman–Crippen LogP) is 4.16. The molecule has 2 saturated heterocycles. The quantitative estimate of drug-likeness (QED) is 0.327. The van der Waals surface area contributed by atoms with Crippen LogP contribution in [0.3, 0.4) is 0 Å². The van der Waals surface area contributed by atoms with Crippen LogP contribution in [0.5, 0.6) is 5.75 Å². The molecule has 5 nitrogen and oxygen atoms in total. The van der Waals surface area contributed by atoms with E-state index in [-0.39, 0.29) is 24.0 Å². The average molecular weight is 512 g/mol. The molecule has 2 N–H and O–H groups in total. The first-order valence-corrected chi connectivity index (χ1v) is 11.2. The third-order valence-corrected chi connectivity index (χ3v) is 6.58. The summed E-state index contributed by atoms with van der Waals surface area (Å²) < 4.78 is 6.05. The maximum Gasteiger partial charge on any atom is 0.191 e. The van der Waals surface area contributed by atoms with Crippen LogP contribution in [0.2, 0.25) is 0 Å². The Kier molecular flexibility index (Phi) is 8.47. The van der Waals surface area contributed by atoms with Crippen LogP contribution in [-0.4, -0.2) is 49.2 Å². The summed E-state index contributed by atoms with van der Waals surface area (Å²) in [6, 6.07) is 10.3. The lowest BCUT2D eigenvalue weighted by atomic mass is 9.82. The fraction of sp³-hybridized carbons (Fsp3) is 0.696. The van der Waals surface area contributed by atoms with Crippen LogP contribution >= 0.6 is 24.0 Å². The Morgan fingerprint density at radius 1 is 1.14 bits per heavy atom. The third-order valence-electron chi connectivity index (χ3n) is 6.58. The molecule has 1 aromatic rings. The van der Waals surface area contributed by atoms with Crippen molar-refractivity contribution in [2.45, 2.75) is 76.5 Å². The highest BCUT2D eigenvalue weighted by atomic mass is 127. The van der Waals surface area contributed by atoms with Crippen LogP contribution in [0.15, 0.2) is 29.3 Å². The van der Waals surface area contributed by atoms with Gasteiger partial charge in [-0.3, -0.25) is 0 Å². The van der Waals surface area contributed by atoms with E-state index in [4.69, 9.17) is 9.73 Å². The van der Waals surface area contributed by atoms with Gasteiger partial charge in [0.2, 0.25) is 0 Å². The second kappa shape index (κ2) is 10.8. The minimum atomic E-state index is 0. The Labute approximate surface area is 193 Å². The summed E-state index contributed by atoms with van der Waals surface area (Å²) in [5, 5.41) is 7.17. The van der Waals surface area contributed by atoms with Gasteiger partial charge in [-0.05, 0) is 64.5 Å². The summed E-state index contributed by atoms with van der Waals surface area (Å²) in [5.41, 5.74) is 1.17. The molecule has 4 rings (SSSR count). The molecule has 2 atom stereocenters. The number of nitrogens with zero attached hydrogens (tertiary/aromatic N) is 2. The van der Waals surface area contributed by atoms with E-state index in [1.54, 1.807) is 0 Å². The first-order chi connectivity index (χ1) is 13.7. The van der Waals surface area contributed by atoms with Crippen molar-refractivity contribution in [3.8, 4) is 5.75 Å². The number of piperidine rings is 2. The summed E-state index contributed by atoms with van der Waals surface area (Å²) in [6.07, 6.45) is 9.13. The van der Waals surface area contributed by atoms with Gasteiger partial charge in [-0.2, -0.15) is 0 Å². The van der Waals surface area contributed by atoms with Crippen molar-refractivity contribution in [2.75, 3.05) is 20.2 Å². The topological polar surface area (TPSA) is 48.9 Å². The molecule has 162 valence electrons.